The van der Waals surface area contributed by atoms with Gasteiger partial charge in [-0.2, -0.15) is 0 Å². The van der Waals surface area contributed by atoms with E-state index in [0.717, 1.165) is 45.6 Å². The molecule has 1 aliphatic heterocycles. The number of phenols is 1. The van der Waals surface area contributed by atoms with E-state index in [1.807, 2.05) is 19.1 Å². The predicted octanol–water partition coefficient (Wildman–Crippen LogP) is 3.49. The van der Waals surface area contributed by atoms with E-state index >= 15 is 0 Å². The molecule has 2 aliphatic rings. The van der Waals surface area contributed by atoms with Crippen molar-refractivity contribution in [1.82, 2.24) is 9.80 Å². The maximum Gasteiger partial charge on any atom is 0.226 e. The first-order valence-electron chi connectivity index (χ1n) is 10.7. The van der Waals surface area contributed by atoms with Crippen LogP contribution in [0.4, 0.5) is 5.69 Å². The van der Waals surface area contributed by atoms with Crippen molar-refractivity contribution >= 4 is 11.6 Å². The van der Waals surface area contributed by atoms with Gasteiger partial charge in [0.15, 0.2) is 0 Å². The second-order valence-electron chi connectivity index (χ2n) is 8.30. The minimum Gasteiger partial charge on any atom is -0.506 e. The minimum atomic E-state index is 0.0615. The van der Waals surface area contributed by atoms with Crippen molar-refractivity contribution in [3.63, 3.8) is 0 Å². The van der Waals surface area contributed by atoms with Crippen LogP contribution < -0.4 is 4.90 Å². The van der Waals surface area contributed by atoms with Crippen molar-refractivity contribution in [2.24, 2.45) is 0 Å². The van der Waals surface area contributed by atoms with E-state index in [9.17, 15) is 9.90 Å². The van der Waals surface area contributed by atoms with Crippen LogP contribution in [0, 0.1) is 0 Å². The summed E-state index contributed by atoms with van der Waals surface area (Å²) in [6.07, 6.45) is 2.68. The van der Waals surface area contributed by atoms with Gasteiger partial charge in [-0.3, -0.25) is 14.6 Å². The van der Waals surface area contributed by atoms with Gasteiger partial charge >= 0.3 is 0 Å². The number of nitrogens with zero attached hydrogens (tertiary/aromatic N) is 3. The molecule has 1 N–H and O–H groups in total. The molecule has 1 saturated carbocycles. The minimum absolute atomic E-state index is 0.0615. The van der Waals surface area contributed by atoms with Crippen molar-refractivity contribution in [3.05, 3.63) is 60.2 Å². The van der Waals surface area contributed by atoms with Crippen LogP contribution in [0.15, 0.2) is 54.6 Å². The lowest BCUT2D eigenvalue weighted by molar-refractivity contribution is -0.118. The first-order valence-corrected chi connectivity index (χ1v) is 10.7. The zero-order chi connectivity index (χ0) is 20.3. The molecule has 1 aliphatic carbocycles. The molecule has 2 aromatic carbocycles. The average Bonchev–Trinajstić information content (AvgIpc) is 3.54. The van der Waals surface area contributed by atoms with Crippen molar-refractivity contribution in [2.75, 3.05) is 37.6 Å². The number of rotatable bonds is 7. The first-order chi connectivity index (χ1) is 14.1. The van der Waals surface area contributed by atoms with E-state index in [0.29, 0.717) is 18.7 Å². The summed E-state index contributed by atoms with van der Waals surface area (Å²) in [6.45, 7) is 7.71. The Balaban J connectivity index is 1.41. The van der Waals surface area contributed by atoms with Crippen LogP contribution in [0.25, 0.3) is 0 Å². The highest BCUT2D eigenvalue weighted by atomic mass is 16.3. The summed E-state index contributed by atoms with van der Waals surface area (Å²) in [7, 11) is 0. The van der Waals surface area contributed by atoms with Gasteiger partial charge in [-0.05, 0) is 30.5 Å². The van der Waals surface area contributed by atoms with E-state index < -0.39 is 0 Å². The van der Waals surface area contributed by atoms with E-state index in [-0.39, 0.29) is 17.2 Å². The Kier molecular flexibility index (Phi) is 5.88. The Morgan fingerprint density at radius 2 is 1.66 bits per heavy atom. The fraction of sp³-hybridized carbons (Fsp3) is 0.458. The Hall–Kier alpha value is -2.37. The summed E-state index contributed by atoms with van der Waals surface area (Å²) in [4.78, 5) is 19.6. The molecule has 154 valence electrons. The summed E-state index contributed by atoms with van der Waals surface area (Å²) in [5, 5.41) is 10.3. The number of hydrogen-bond donors (Lipinski definition) is 1. The fourth-order valence-electron chi connectivity index (χ4n) is 4.43. The Bertz CT molecular complexity index is 827. The van der Waals surface area contributed by atoms with Crippen molar-refractivity contribution < 1.29 is 9.90 Å². The quantitative estimate of drug-likeness (QED) is 0.782. The maximum absolute atomic E-state index is 12.7. The van der Waals surface area contributed by atoms with Gasteiger partial charge in [-0.15, -0.1) is 0 Å². The van der Waals surface area contributed by atoms with Crippen molar-refractivity contribution in [3.8, 4) is 5.75 Å². The highest BCUT2D eigenvalue weighted by molar-refractivity contribution is 5.94. The van der Waals surface area contributed by atoms with Gasteiger partial charge < -0.3 is 10.0 Å². The average molecular weight is 394 g/mol. The molecule has 1 amide bonds. The van der Waals surface area contributed by atoms with Gasteiger partial charge in [0, 0.05) is 51.2 Å². The largest absolute Gasteiger partial charge is 0.506 e. The van der Waals surface area contributed by atoms with Crippen LogP contribution in [-0.2, 0) is 11.3 Å². The molecule has 5 heteroatoms. The molecular weight excluding hydrogens is 362 g/mol. The third-order valence-electron chi connectivity index (χ3n) is 6.35. The van der Waals surface area contributed by atoms with E-state index in [1.54, 1.807) is 17.0 Å². The molecule has 0 atom stereocenters. The number of piperazine rings is 1. The molecule has 0 aromatic heterocycles. The van der Waals surface area contributed by atoms with Crippen LogP contribution in [0.2, 0.25) is 0 Å². The molecule has 2 aromatic rings. The zero-order valence-electron chi connectivity index (χ0n) is 17.3. The monoisotopic (exact) mass is 393 g/mol. The number of aromatic hydroxyl groups is 1. The molecule has 1 saturated heterocycles. The van der Waals surface area contributed by atoms with Crippen LogP contribution in [0.3, 0.4) is 0 Å². The lowest BCUT2D eigenvalue weighted by atomic mass is 10.1. The molecule has 0 spiro atoms. The summed E-state index contributed by atoms with van der Waals surface area (Å²) in [5.74, 6) is 0.248. The number of amides is 1. The highest BCUT2D eigenvalue weighted by Crippen LogP contribution is 2.44. The second-order valence-corrected chi connectivity index (χ2v) is 8.30. The smallest absolute Gasteiger partial charge is 0.226 e. The maximum atomic E-state index is 12.7. The first kappa shape index (κ1) is 19.9. The van der Waals surface area contributed by atoms with Gasteiger partial charge in [-0.1, -0.05) is 49.4 Å². The number of benzene rings is 2. The Morgan fingerprint density at radius 1 is 1.00 bits per heavy atom. The third-order valence-corrected chi connectivity index (χ3v) is 6.35. The highest BCUT2D eigenvalue weighted by Gasteiger charge is 2.50. The normalized spacial score (nSPS) is 19.1. The molecule has 0 unspecified atom stereocenters. The Morgan fingerprint density at radius 3 is 2.28 bits per heavy atom. The molecule has 0 radical (unpaired) electrons. The third kappa shape index (κ3) is 4.46. The summed E-state index contributed by atoms with van der Waals surface area (Å²) < 4.78 is 0. The lowest BCUT2D eigenvalue weighted by Crippen LogP contribution is -2.55. The summed E-state index contributed by atoms with van der Waals surface area (Å²) in [5.41, 5.74) is 2.06. The van der Waals surface area contributed by atoms with Crippen LogP contribution in [-0.4, -0.2) is 59.1 Å². The van der Waals surface area contributed by atoms with Gasteiger partial charge in [0.1, 0.15) is 5.75 Å². The molecule has 0 bridgehead atoms. The molecule has 2 fully saturated rings. The van der Waals surface area contributed by atoms with E-state index in [1.165, 1.54) is 5.56 Å². The van der Waals surface area contributed by atoms with E-state index in [4.69, 9.17) is 0 Å². The van der Waals surface area contributed by atoms with Gasteiger partial charge in [0.05, 0.1) is 5.69 Å². The number of carbonyl (C=O) groups is 1. The standard InChI is InChI=1S/C24H31N3O2/c1-2-23(29)27(21-10-6-7-11-22(21)28)19-24(12-13-24)26-16-14-25(15-17-26)18-20-8-4-3-5-9-20/h3-11,28H,2,12-19H2,1H3. The lowest BCUT2D eigenvalue weighted by Gasteiger charge is -2.41. The number of phenolic OH excluding ortho intramolecular Hbond substituents is 1. The topological polar surface area (TPSA) is 47.0 Å². The number of para-hydroxylation sites is 2. The summed E-state index contributed by atoms with van der Waals surface area (Å²) >= 11 is 0. The van der Waals surface area contributed by atoms with Crippen LogP contribution in [0.1, 0.15) is 31.7 Å². The number of anilines is 1. The molecule has 5 nitrogen and oxygen atoms in total. The summed E-state index contributed by atoms with van der Waals surface area (Å²) in [6, 6.07) is 17.8. The fourth-order valence-corrected chi connectivity index (χ4v) is 4.43. The zero-order valence-corrected chi connectivity index (χ0v) is 17.3. The Labute approximate surface area is 173 Å². The molecule has 4 rings (SSSR count). The SMILES string of the molecule is CCC(=O)N(CC1(N2CCN(Cc3ccccc3)CC2)CC1)c1ccccc1O. The van der Waals surface area contributed by atoms with Gasteiger partial charge in [0.25, 0.3) is 0 Å². The van der Waals surface area contributed by atoms with Gasteiger partial charge in [0.2, 0.25) is 5.91 Å². The van der Waals surface area contributed by atoms with Crippen LogP contribution in [0.5, 0.6) is 5.75 Å². The molecule has 1 heterocycles. The number of carbonyl (C=O) groups excluding carboxylic acids is 1. The van der Waals surface area contributed by atoms with Crippen molar-refractivity contribution in [2.45, 2.75) is 38.3 Å². The molecular formula is C24H31N3O2. The van der Waals surface area contributed by atoms with Crippen molar-refractivity contribution in [1.29, 1.82) is 0 Å². The second kappa shape index (κ2) is 8.56. The van der Waals surface area contributed by atoms with Crippen LogP contribution >= 0.6 is 0 Å². The van der Waals surface area contributed by atoms with Gasteiger partial charge in [-0.25, -0.2) is 0 Å². The van der Waals surface area contributed by atoms with E-state index in [2.05, 4.69) is 40.1 Å². The number of hydrogen-bond acceptors (Lipinski definition) is 4. The predicted molar refractivity (Wildman–Crippen MR) is 116 cm³/mol. The molecule has 29 heavy (non-hydrogen) atoms.